The molecular weight excluding hydrogens is 252 g/mol. The Morgan fingerprint density at radius 1 is 1.30 bits per heavy atom. The molecule has 120 valence electrons. The van der Waals surface area contributed by atoms with Crippen molar-refractivity contribution >= 4 is 5.91 Å². The van der Waals surface area contributed by atoms with Gasteiger partial charge in [-0.3, -0.25) is 4.79 Å². The predicted molar refractivity (Wildman–Crippen MR) is 86.7 cm³/mol. The molecule has 1 heterocycles. The van der Waals surface area contributed by atoms with Gasteiger partial charge in [-0.15, -0.1) is 0 Å². The zero-order chi connectivity index (χ0) is 16.0. The third-order valence-electron chi connectivity index (χ3n) is 2.88. The summed E-state index contributed by atoms with van der Waals surface area (Å²) in [6.07, 6.45) is 5.21. The Bertz CT molecular complexity index is 243. The molecule has 3 N–H and O–H groups in total. The molecule has 1 fully saturated rings. The Kier molecular flexibility index (Phi) is 15.6. The number of carbonyl (C=O) groups excluding carboxylic acids is 1. The monoisotopic (exact) mass is 286 g/mol. The number of piperidine rings is 1. The first-order valence-corrected chi connectivity index (χ1v) is 7.79. The average molecular weight is 286 g/mol. The maximum Gasteiger partial charge on any atom is 0.249 e. The minimum absolute atomic E-state index is 0.0217. The van der Waals surface area contributed by atoms with Crippen LogP contribution in [0.15, 0.2) is 12.2 Å². The molecule has 0 bridgehead atoms. The van der Waals surface area contributed by atoms with Crippen LogP contribution in [-0.2, 0) is 4.79 Å². The number of aliphatic hydroxyl groups is 1. The molecule has 0 aromatic rings. The average Bonchev–Trinajstić information content (AvgIpc) is 2.49. The van der Waals surface area contributed by atoms with Crippen molar-refractivity contribution in [2.24, 2.45) is 5.92 Å². The fourth-order valence-corrected chi connectivity index (χ4v) is 1.56. The molecule has 2 atom stereocenters. The molecule has 0 spiro atoms. The van der Waals surface area contributed by atoms with Gasteiger partial charge >= 0.3 is 0 Å². The lowest BCUT2D eigenvalue weighted by Gasteiger charge is -2.25. The molecule has 4 heteroatoms. The number of hydrogen-bond donors (Lipinski definition) is 3. The number of amides is 1. The summed E-state index contributed by atoms with van der Waals surface area (Å²) in [5, 5.41) is 15.6. The van der Waals surface area contributed by atoms with E-state index in [0.717, 1.165) is 25.9 Å². The van der Waals surface area contributed by atoms with E-state index >= 15 is 0 Å². The summed E-state index contributed by atoms with van der Waals surface area (Å²) in [5.74, 6) is -0.264. The van der Waals surface area contributed by atoms with E-state index in [1.54, 1.807) is 0 Å². The van der Waals surface area contributed by atoms with Crippen molar-refractivity contribution in [1.29, 1.82) is 0 Å². The van der Waals surface area contributed by atoms with Gasteiger partial charge in [0.1, 0.15) is 6.10 Å². The Labute approximate surface area is 125 Å². The van der Waals surface area contributed by atoms with Gasteiger partial charge in [-0.1, -0.05) is 39.8 Å². The summed E-state index contributed by atoms with van der Waals surface area (Å²) in [6, 6.07) is 0.185. The van der Waals surface area contributed by atoms with E-state index in [-0.39, 0.29) is 17.9 Å². The smallest absolute Gasteiger partial charge is 0.249 e. The minimum atomic E-state index is -0.878. The predicted octanol–water partition coefficient (Wildman–Crippen LogP) is 2.48. The number of rotatable bonds is 3. The van der Waals surface area contributed by atoms with Crippen molar-refractivity contribution in [3.63, 3.8) is 0 Å². The van der Waals surface area contributed by atoms with Crippen LogP contribution in [0, 0.1) is 5.92 Å². The van der Waals surface area contributed by atoms with E-state index in [4.69, 9.17) is 0 Å². The summed E-state index contributed by atoms with van der Waals surface area (Å²) < 4.78 is 0. The summed E-state index contributed by atoms with van der Waals surface area (Å²) in [5.41, 5.74) is 0. The summed E-state index contributed by atoms with van der Waals surface area (Å²) >= 11 is 0. The van der Waals surface area contributed by atoms with Crippen LogP contribution < -0.4 is 10.6 Å². The van der Waals surface area contributed by atoms with Gasteiger partial charge in [0.05, 0.1) is 0 Å². The van der Waals surface area contributed by atoms with Gasteiger partial charge in [-0.25, -0.2) is 0 Å². The fourth-order valence-electron chi connectivity index (χ4n) is 1.56. The fraction of sp³-hybridized carbons (Fsp3) is 0.812. The van der Waals surface area contributed by atoms with Crippen LogP contribution in [0.2, 0.25) is 0 Å². The molecule has 0 aromatic heterocycles. The molecule has 0 aromatic carbocycles. The number of hydrogen-bond acceptors (Lipinski definition) is 3. The van der Waals surface area contributed by atoms with Gasteiger partial charge < -0.3 is 15.7 Å². The van der Waals surface area contributed by atoms with Crippen LogP contribution in [0.5, 0.6) is 0 Å². The summed E-state index contributed by atoms with van der Waals surface area (Å²) in [7, 11) is 0. The normalized spacial score (nSPS) is 19.5. The van der Waals surface area contributed by atoms with E-state index in [2.05, 4.69) is 10.6 Å². The highest BCUT2D eigenvalue weighted by Gasteiger charge is 2.22. The first-order valence-electron chi connectivity index (χ1n) is 7.79. The van der Waals surface area contributed by atoms with Crippen LogP contribution in [0.1, 0.15) is 54.4 Å². The highest BCUT2D eigenvalue weighted by molar-refractivity contribution is 5.81. The third kappa shape index (κ3) is 11.0. The first kappa shape index (κ1) is 21.4. The number of allylic oxidation sites excluding steroid dienone is 2. The quantitative estimate of drug-likeness (QED) is 0.699. The van der Waals surface area contributed by atoms with E-state index in [1.807, 2.05) is 53.7 Å². The lowest BCUT2D eigenvalue weighted by Crippen LogP contribution is -2.49. The van der Waals surface area contributed by atoms with Gasteiger partial charge in [0, 0.05) is 12.6 Å². The van der Waals surface area contributed by atoms with Crippen LogP contribution in [0.25, 0.3) is 0 Å². The second kappa shape index (κ2) is 14.5. The van der Waals surface area contributed by atoms with E-state index in [1.165, 1.54) is 0 Å². The van der Waals surface area contributed by atoms with Crippen LogP contribution in [0.4, 0.5) is 0 Å². The lowest BCUT2D eigenvalue weighted by molar-refractivity contribution is -0.132. The van der Waals surface area contributed by atoms with Crippen molar-refractivity contribution < 1.29 is 9.90 Å². The van der Waals surface area contributed by atoms with Crippen LogP contribution in [0.3, 0.4) is 0 Å². The second-order valence-corrected chi connectivity index (χ2v) is 4.91. The maximum atomic E-state index is 11.5. The van der Waals surface area contributed by atoms with Crippen molar-refractivity contribution in [2.75, 3.05) is 13.1 Å². The van der Waals surface area contributed by atoms with Gasteiger partial charge in [0.25, 0.3) is 0 Å². The highest BCUT2D eigenvalue weighted by atomic mass is 16.3. The minimum Gasteiger partial charge on any atom is -0.383 e. The highest BCUT2D eigenvalue weighted by Crippen LogP contribution is 2.05. The Morgan fingerprint density at radius 2 is 1.85 bits per heavy atom. The second-order valence-electron chi connectivity index (χ2n) is 4.91. The number of carbonyl (C=O) groups is 1. The Morgan fingerprint density at radius 3 is 2.20 bits per heavy atom. The standard InChI is InChI=1S/C10H20N2O2.C4H8.C2H6/c1-7(2)9(13)10(14)12-8-4-3-5-11-6-8;1-3-4-2;1-2/h7-9,11,13H,3-6H2,1-2H3,(H,12,14);3-4H,1-2H3;1-2H3/b;4-3+;. The van der Waals surface area contributed by atoms with Crippen molar-refractivity contribution in [3.8, 4) is 0 Å². The molecule has 1 amide bonds. The van der Waals surface area contributed by atoms with Gasteiger partial charge in [0.15, 0.2) is 0 Å². The molecule has 0 aliphatic carbocycles. The summed E-state index contributed by atoms with van der Waals surface area (Å²) in [4.78, 5) is 11.5. The third-order valence-corrected chi connectivity index (χ3v) is 2.88. The number of nitrogens with one attached hydrogen (secondary N) is 2. The van der Waals surface area contributed by atoms with Crippen LogP contribution in [-0.4, -0.2) is 36.2 Å². The summed E-state index contributed by atoms with van der Waals surface area (Å²) in [6.45, 7) is 13.5. The number of aliphatic hydroxyl groups excluding tert-OH is 1. The molecule has 1 aliphatic rings. The van der Waals surface area contributed by atoms with Gasteiger partial charge in [-0.2, -0.15) is 0 Å². The Hall–Kier alpha value is -0.870. The zero-order valence-electron chi connectivity index (χ0n) is 14.1. The molecule has 4 nitrogen and oxygen atoms in total. The molecule has 1 rings (SSSR count). The zero-order valence-corrected chi connectivity index (χ0v) is 14.1. The van der Waals surface area contributed by atoms with Gasteiger partial charge in [0.2, 0.25) is 5.91 Å². The topological polar surface area (TPSA) is 61.4 Å². The van der Waals surface area contributed by atoms with E-state index < -0.39 is 6.10 Å². The maximum absolute atomic E-state index is 11.5. The molecule has 1 aliphatic heterocycles. The van der Waals surface area contributed by atoms with Crippen molar-refractivity contribution in [1.82, 2.24) is 10.6 Å². The molecule has 0 radical (unpaired) electrons. The molecule has 20 heavy (non-hydrogen) atoms. The van der Waals surface area contributed by atoms with Gasteiger partial charge in [-0.05, 0) is 39.2 Å². The lowest BCUT2D eigenvalue weighted by atomic mass is 10.0. The van der Waals surface area contributed by atoms with E-state index in [9.17, 15) is 9.90 Å². The molecule has 2 unspecified atom stereocenters. The van der Waals surface area contributed by atoms with Crippen molar-refractivity contribution in [2.45, 2.75) is 66.5 Å². The molecule has 0 saturated carbocycles. The first-order chi connectivity index (χ1) is 9.52. The van der Waals surface area contributed by atoms with Crippen molar-refractivity contribution in [3.05, 3.63) is 12.2 Å². The largest absolute Gasteiger partial charge is 0.383 e. The molecular formula is C16H34N2O2. The van der Waals surface area contributed by atoms with Crippen LogP contribution >= 0.6 is 0 Å². The van der Waals surface area contributed by atoms with E-state index in [0.29, 0.717) is 0 Å². The Balaban J connectivity index is 0. The molecule has 1 saturated heterocycles. The SMILES string of the molecule is C/C=C/C.CC.CC(C)C(O)C(=O)NC1CCCNC1.